The van der Waals surface area contributed by atoms with Gasteiger partial charge in [-0.05, 0) is 42.7 Å². The van der Waals surface area contributed by atoms with Gasteiger partial charge >= 0.3 is 0 Å². The number of nitrogens with one attached hydrogen (secondary N) is 1. The molecular formula is C13H21N3. The van der Waals surface area contributed by atoms with Crippen molar-refractivity contribution in [3.63, 3.8) is 0 Å². The monoisotopic (exact) mass is 219 g/mol. The number of nitrogens with two attached hydrogens (primary N) is 1. The smallest absolute Gasteiger partial charge is 0.0559 e. The van der Waals surface area contributed by atoms with Crippen molar-refractivity contribution in [3.05, 3.63) is 24.0 Å². The zero-order chi connectivity index (χ0) is 11.5. The molecule has 0 aliphatic heterocycles. The molecular weight excluding hydrogens is 198 g/mol. The van der Waals surface area contributed by atoms with E-state index in [0.29, 0.717) is 12.0 Å². The molecule has 0 amide bonds. The average Bonchev–Trinajstić information content (AvgIpc) is 2.27. The lowest BCUT2D eigenvalue weighted by Gasteiger charge is -2.32. The third-order valence-electron chi connectivity index (χ3n) is 3.54. The van der Waals surface area contributed by atoms with E-state index in [1.165, 1.54) is 12.0 Å². The summed E-state index contributed by atoms with van der Waals surface area (Å²) in [7, 11) is 1.95. The molecule has 3 nitrogen and oxygen atoms in total. The number of hydrogen-bond donors (Lipinski definition) is 2. The Hall–Kier alpha value is -1.09. The quantitative estimate of drug-likeness (QED) is 0.802. The summed E-state index contributed by atoms with van der Waals surface area (Å²) in [4.78, 5) is 4.16. The van der Waals surface area contributed by atoms with Gasteiger partial charge in [-0.3, -0.25) is 4.98 Å². The van der Waals surface area contributed by atoms with Crippen LogP contribution in [0.4, 0.5) is 5.69 Å². The Bertz CT molecular complexity index is 341. The highest BCUT2D eigenvalue weighted by atomic mass is 14.8. The summed E-state index contributed by atoms with van der Waals surface area (Å²) in [6.07, 6.45) is 7.28. The fourth-order valence-corrected chi connectivity index (χ4v) is 2.88. The van der Waals surface area contributed by atoms with Crippen LogP contribution in [0.25, 0.3) is 0 Å². The predicted molar refractivity (Wildman–Crippen MR) is 67.5 cm³/mol. The molecule has 1 aliphatic rings. The van der Waals surface area contributed by atoms with Crippen molar-refractivity contribution >= 4 is 5.69 Å². The van der Waals surface area contributed by atoms with E-state index in [-0.39, 0.29) is 0 Å². The van der Waals surface area contributed by atoms with Crippen LogP contribution in [0, 0.1) is 5.92 Å². The largest absolute Gasteiger partial charge is 0.387 e. The molecule has 0 aromatic carbocycles. The fraction of sp³-hybridized carbons (Fsp3) is 0.615. The number of pyridine rings is 1. The van der Waals surface area contributed by atoms with E-state index in [4.69, 9.17) is 5.73 Å². The molecule has 1 heterocycles. The zero-order valence-corrected chi connectivity index (χ0v) is 10.1. The van der Waals surface area contributed by atoms with Crippen LogP contribution in [0.3, 0.4) is 0 Å². The van der Waals surface area contributed by atoms with Gasteiger partial charge in [0.2, 0.25) is 0 Å². The Balaban J connectivity index is 2.22. The molecule has 2 rings (SSSR count). The van der Waals surface area contributed by atoms with Gasteiger partial charge in [0.15, 0.2) is 0 Å². The molecule has 1 aliphatic carbocycles. The van der Waals surface area contributed by atoms with Crippen molar-refractivity contribution in [2.75, 3.05) is 12.4 Å². The maximum Gasteiger partial charge on any atom is 0.0559 e. The molecule has 16 heavy (non-hydrogen) atoms. The van der Waals surface area contributed by atoms with Gasteiger partial charge in [0.05, 0.1) is 11.9 Å². The van der Waals surface area contributed by atoms with Crippen LogP contribution >= 0.6 is 0 Å². The molecule has 3 unspecified atom stereocenters. The third-order valence-corrected chi connectivity index (χ3v) is 3.54. The summed E-state index contributed by atoms with van der Waals surface area (Å²) >= 11 is 0. The number of anilines is 1. The van der Waals surface area contributed by atoms with Crippen molar-refractivity contribution < 1.29 is 0 Å². The highest BCUT2D eigenvalue weighted by Crippen LogP contribution is 2.37. The van der Waals surface area contributed by atoms with E-state index in [1.54, 1.807) is 0 Å². The van der Waals surface area contributed by atoms with E-state index in [0.717, 1.165) is 24.4 Å². The first-order valence-electron chi connectivity index (χ1n) is 6.08. The van der Waals surface area contributed by atoms with E-state index in [2.05, 4.69) is 23.3 Å². The van der Waals surface area contributed by atoms with Crippen LogP contribution in [-0.4, -0.2) is 18.1 Å². The number of nitrogens with zero attached hydrogens (tertiary/aromatic N) is 1. The molecule has 0 radical (unpaired) electrons. The lowest BCUT2D eigenvalue weighted by Crippen LogP contribution is -2.31. The van der Waals surface area contributed by atoms with Crippen molar-refractivity contribution in [3.8, 4) is 0 Å². The van der Waals surface area contributed by atoms with Crippen molar-refractivity contribution in [1.82, 2.24) is 4.98 Å². The summed E-state index contributed by atoms with van der Waals surface area (Å²) in [5.74, 6) is 1.32. The standard InChI is InChI=1S/C13H21N3/c1-9-5-10(7-11(14)6-9)12-3-4-16-8-13(12)15-2/h3-4,8-11,15H,5-7,14H2,1-2H3. The second-order valence-electron chi connectivity index (χ2n) is 4.98. The van der Waals surface area contributed by atoms with E-state index in [9.17, 15) is 0 Å². The molecule has 0 bridgehead atoms. The maximum absolute atomic E-state index is 6.11. The fourth-order valence-electron chi connectivity index (χ4n) is 2.88. The van der Waals surface area contributed by atoms with Gasteiger partial charge in [-0.25, -0.2) is 0 Å². The molecule has 3 atom stereocenters. The van der Waals surface area contributed by atoms with Gasteiger partial charge < -0.3 is 11.1 Å². The first-order chi connectivity index (χ1) is 7.70. The van der Waals surface area contributed by atoms with Gasteiger partial charge in [0, 0.05) is 19.3 Å². The summed E-state index contributed by atoms with van der Waals surface area (Å²) in [6.45, 7) is 2.30. The van der Waals surface area contributed by atoms with E-state index >= 15 is 0 Å². The molecule has 0 spiro atoms. The molecule has 1 aromatic rings. The van der Waals surface area contributed by atoms with Gasteiger partial charge in [-0.2, -0.15) is 0 Å². The summed E-state index contributed by atoms with van der Waals surface area (Å²) in [5, 5.41) is 3.22. The molecule has 1 aromatic heterocycles. The SMILES string of the molecule is CNc1cnccc1C1CC(C)CC(N)C1. The molecule has 3 N–H and O–H groups in total. The van der Waals surface area contributed by atoms with E-state index in [1.807, 2.05) is 19.4 Å². The summed E-state index contributed by atoms with van der Waals surface area (Å²) in [5.41, 5.74) is 8.63. The summed E-state index contributed by atoms with van der Waals surface area (Å²) in [6, 6.07) is 2.48. The lowest BCUT2D eigenvalue weighted by molar-refractivity contribution is 0.308. The third kappa shape index (κ3) is 2.35. The first-order valence-corrected chi connectivity index (χ1v) is 6.08. The Kier molecular flexibility index (Phi) is 3.44. The number of aromatic nitrogens is 1. The highest BCUT2D eigenvalue weighted by Gasteiger charge is 2.26. The minimum Gasteiger partial charge on any atom is -0.387 e. The normalized spacial score (nSPS) is 30.1. The minimum absolute atomic E-state index is 0.353. The Labute approximate surface area is 97.5 Å². The second-order valence-corrected chi connectivity index (χ2v) is 4.98. The van der Waals surface area contributed by atoms with Crippen LogP contribution in [0.1, 0.15) is 37.7 Å². The summed E-state index contributed by atoms with van der Waals surface area (Å²) < 4.78 is 0. The van der Waals surface area contributed by atoms with Gasteiger partial charge in [0.25, 0.3) is 0 Å². The highest BCUT2D eigenvalue weighted by molar-refractivity contribution is 5.50. The number of rotatable bonds is 2. The Morgan fingerprint density at radius 1 is 1.38 bits per heavy atom. The second kappa shape index (κ2) is 4.83. The number of hydrogen-bond acceptors (Lipinski definition) is 3. The Morgan fingerprint density at radius 3 is 2.88 bits per heavy atom. The van der Waals surface area contributed by atoms with Crippen LogP contribution in [0.5, 0.6) is 0 Å². The topological polar surface area (TPSA) is 50.9 Å². The van der Waals surface area contributed by atoms with Crippen molar-refractivity contribution in [2.24, 2.45) is 11.7 Å². The minimum atomic E-state index is 0.353. The molecule has 0 saturated heterocycles. The Morgan fingerprint density at radius 2 is 2.19 bits per heavy atom. The lowest BCUT2D eigenvalue weighted by atomic mass is 9.76. The van der Waals surface area contributed by atoms with Crippen molar-refractivity contribution in [1.29, 1.82) is 0 Å². The van der Waals surface area contributed by atoms with Crippen LogP contribution in [-0.2, 0) is 0 Å². The molecule has 3 heteroatoms. The predicted octanol–water partition coefficient (Wildman–Crippen LogP) is 2.35. The van der Waals surface area contributed by atoms with Gasteiger partial charge in [-0.1, -0.05) is 6.92 Å². The zero-order valence-electron chi connectivity index (χ0n) is 10.1. The van der Waals surface area contributed by atoms with Gasteiger partial charge in [0.1, 0.15) is 0 Å². The average molecular weight is 219 g/mol. The van der Waals surface area contributed by atoms with Crippen LogP contribution in [0.2, 0.25) is 0 Å². The molecule has 1 fully saturated rings. The maximum atomic E-state index is 6.11. The molecule has 88 valence electrons. The van der Waals surface area contributed by atoms with Crippen LogP contribution < -0.4 is 11.1 Å². The van der Waals surface area contributed by atoms with Crippen molar-refractivity contribution in [2.45, 2.75) is 38.1 Å². The van der Waals surface area contributed by atoms with Crippen LogP contribution in [0.15, 0.2) is 18.5 Å². The van der Waals surface area contributed by atoms with E-state index < -0.39 is 0 Å². The first kappa shape index (κ1) is 11.4. The van der Waals surface area contributed by atoms with Gasteiger partial charge in [-0.15, -0.1) is 0 Å². The molecule has 1 saturated carbocycles.